The molecule has 1 heterocycles. The van der Waals surface area contributed by atoms with Crippen LogP contribution in [0, 0.1) is 0 Å². The van der Waals surface area contributed by atoms with Crippen LogP contribution in [0.4, 0.5) is 0 Å². The summed E-state index contributed by atoms with van der Waals surface area (Å²) in [7, 11) is 2.37. The number of nitrogens with zero attached hydrogens (tertiary/aromatic N) is 2. The van der Waals surface area contributed by atoms with E-state index in [1.807, 2.05) is 0 Å². The van der Waals surface area contributed by atoms with Gasteiger partial charge in [0.2, 0.25) is 0 Å². The standard InChI is InChI=1S/C34H67N2O4.BrH/c1-4-6-8-9-10-11-12-13-14-15-16-17-18-19-20-21-29-38-30-31-39-32-33-40-34(37)22-23-35-24-27-36(3,28-25-35)26-7-5-2;/h13-14H,4-12,15-33H2,1-3H3;1H/q+1;/p-1/b14-13-;. The van der Waals surface area contributed by atoms with Crippen molar-refractivity contribution in [1.29, 1.82) is 0 Å². The third-order valence-corrected chi connectivity index (χ3v) is 8.26. The van der Waals surface area contributed by atoms with E-state index in [9.17, 15) is 4.79 Å². The topological polar surface area (TPSA) is 48.0 Å². The molecule has 244 valence electrons. The Kier molecular flexibility index (Phi) is 29.3. The summed E-state index contributed by atoms with van der Waals surface area (Å²) in [5.41, 5.74) is 0. The number of hydrogen-bond acceptors (Lipinski definition) is 5. The first kappa shape index (κ1) is 40.5. The Labute approximate surface area is 265 Å². The van der Waals surface area contributed by atoms with E-state index in [1.165, 1.54) is 120 Å². The van der Waals surface area contributed by atoms with Gasteiger partial charge >= 0.3 is 5.97 Å². The first-order chi connectivity index (χ1) is 19.6. The van der Waals surface area contributed by atoms with Crippen LogP contribution in [0.2, 0.25) is 0 Å². The molecule has 1 aliphatic rings. The van der Waals surface area contributed by atoms with Gasteiger partial charge in [-0.05, 0) is 38.5 Å². The number of unbranched alkanes of at least 4 members (excludes halogenated alkanes) is 13. The molecule has 0 atom stereocenters. The molecule has 0 aromatic heterocycles. The molecule has 0 N–H and O–H groups in total. The predicted molar refractivity (Wildman–Crippen MR) is 169 cm³/mol. The molecule has 0 aromatic rings. The van der Waals surface area contributed by atoms with Crippen LogP contribution in [0.3, 0.4) is 0 Å². The molecule has 41 heavy (non-hydrogen) atoms. The van der Waals surface area contributed by atoms with E-state index < -0.39 is 0 Å². The largest absolute Gasteiger partial charge is 1.00 e. The molecule has 0 bridgehead atoms. The summed E-state index contributed by atoms with van der Waals surface area (Å²) >= 11 is 0. The average molecular weight is 648 g/mol. The van der Waals surface area contributed by atoms with Gasteiger partial charge < -0.3 is 35.7 Å². The van der Waals surface area contributed by atoms with Crippen molar-refractivity contribution in [3.8, 4) is 0 Å². The highest BCUT2D eigenvalue weighted by atomic mass is 79.9. The van der Waals surface area contributed by atoms with Gasteiger partial charge in [0, 0.05) is 26.2 Å². The maximum atomic E-state index is 12.0. The number of halogens is 1. The number of rotatable bonds is 28. The molecule has 1 rings (SSSR count). The molecular formula is C34H67BrN2O4. The van der Waals surface area contributed by atoms with Crippen molar-refractivity contribution in [2.45, 2.75) is 123 Å². The zero-order valence-corrected chi connectivity index (χ0v) is 28.9. The van der Waals surface area contributed by atoms with E-state index in [1.54, 1.807) is 0 Å². The fraction of sp³-hybridized carbons (Fsp3) is 0.912. The van der Waals surface area contributed by atoms with Crippen molar-refractivity contribution in [2.75, 3.05) is 79.4 Å². The minimum absolute atomic E-state index is 0. The number of quaternary nitrogens is 1. The summed E-state index contributed by atoms with van der Waals surface area (Å²) in [6, 6.07) is 0. The fourth-order valence-corrected chi connectivity index (χ4v) is 5.29. The number of esters is 1. The smallest absolute Gasteiger partial charge is 0.307 e. The highest BCUT2D eigenvalue weighted by Gasteiger charge is 2.28. The third-order valence-electron chi connectivity index (χ3n) is 8.26. The van der Waals surface area contributed by atoms with Gasteiger partial charge in [-0.1, -0.05) is 90.2 Å². The SMILES string of the molecule is CCCCCCCC/C=C\CCCCCCCCOCCOCCOC(=O)CCN1CC[N+](C)(CCCC)CC1.[Br-]. The highest BCUT2D eigenvalue weighted by molar-refractivity contribution is 5.69. The van der Waals surface area contributed by atoms with Crippen molar-refractivity contribution in [2.24, 2.45) is 0 Å². The Hall–Kier alpha value is -0.470. The van der Waals surface area contributed by atoms with Crippen LogP contribution in [0.5, 0.6) is 0 Å². The van der Waals surface area contributed by atoms with Crippen LogP contribution >= 0.6 is 0 Å². The molecule has 0 aromatic carbocycles. The van der Waals surface area contributed by atoms with Crippen LogP contribution in [0.15, 0.2) is 12.2 Å². The molecule has 7 heteroatoms. The summed E-state index contributed by atoms with van der Waals surface area (Å²) in [6.07, 6.45) is 26.4. The van der Waals surface area contributed by atoms with E-state index in [0.717, 1.165) is 32.7 Å². The van der Waals surface area contributed by atoms with Crippen molar-refractivity contribution < 1.29 is 40.5 Å². The third kappa shape index (κ3) is 25.7. The number of piperazine rings is 1. The van der Waals surface area contributed by atoms with Crippen LogP contribution < -0.4 is 17.0 Å². The van der Waals surface area contributed by atoms with Crippen molar-refractivity contribution in [1.82, 2.24) is 4.90 Å². The van der Waals surface area contributed by atoms with Gasteiger partial charge in [0.25, 0.3) is 0 Å². The number of ether oxygens (including phenoxy) is 3. The summed E-state index contributed by atoms with van der Waals surface area (Å²) in [5.74, 6) is -0.117. The Balaban J connectivity index is 0.0000160. The van der Waals surface area contributed by atoms with E-state index >= 15 is 0 Å². The van der Waals surface area contributed by atoms with Crippen molar-refractivity contribution in [3.05, 3.63) is 12.2 Å². The predicted octanol–water partition coefficient (Wildman–Crippen LogP) is 4.56. The van der Waals surface area contributed by atoms with Crippen LogP contribution in [-0.2, 0) is 19.0 Å². The molecular weight excluding hydrogens is 580 g/mol. The van der Waals surface area contributed by atoms with E-state index in [2.05, 4.69) is 37.9 Å². The summed E-state index contributed by atoms with van der Waals surface area (Å²) in [6.45, 7) is 13.9. The number of carbonyl (C=O) groups is 1. The summed E-state index contributed by atoms with van der Waals surface area (Å²) < 4.78 is 17.7. The highest BCUT2D eigenvalue weighted by Crippen LogP contribution is 2.13. The number of allylic oxidation sites excluding steroid dienone is 2. The van der Waals surface area contributed by atoms with Crippen LogP contribution in [0.25, 0.3) is 0 Å². The van der Waals surface area contributed by atoms with Crippen molar-refractivity contribution in [3.63, 3.8) is 0 Å². The molecule has 1 aliphatic heterocycles. The number of hydrogen-bond donors (Lipinski definition) is 0. The second kappa shape index (κ2) is 29.6. The second-order valence-electron chi connectivity index (χ2n) is 12.1. The van der Waals surface area contributed by atoms with E-state index in [-0.39, 0.29) is 23.0 Å². The van der Waals surface area contributed by atoms with Crippen LogP contribution in [0.1, 0.15) is 123 Å². The van der Waals surface area contributed by atoms with Crippen LogP contribution in [-0.4, -0.2) is 94.7 Å². The minimum Gasteiger partial charge on any atom is -1.00 e. The van der Waals surface area contributed by atoms with Crippen molar-refractivity contribution >= 4 is 5.97 Å². The lowest BCUT2D eigenvalue weighted by Gasteiger charge is -2.42. The quantitative estimate of drug-likeness (QED) is 0.0540. The Morgan fingerprint density at radius 3 is 1.80 bits per heavy atom. The molecule has 0 spiro atoms. The monoisotopic (exact) mass is 646 g/mol. The van der Waals surface area contributed by atoms with Gasteiger partial charge in [-0.2, -0.15) is 0 Å². The lowest BCUT2D eigenvalue weighted by Crippen LogP contribution is -3.00. The molecule has 1 fully saturated rings. The Morgan fingerprint density at radius 1 is 0.683 bits per heavy atom. The summed E-state index contributed by atoms with van der Waals surface area (Å²) in [5, 5.41) is 0. The molecule has 0 radical (unpaired) electrons. The molecule has 0 amide bonds. The first-order valence-electron chi connectivity index (χ1n) is 17.1. The van der Waals surface area contributed by atoms with Gasteiger partial charge in [0.1, 0.15) is 6.61 Å². The maximum Gasteiger partial charge on any atom is 0.307 e. The van der Waals surface area contributed by atoms with E-state index in [4.69, 9.17) is 14.2 Å². The lowest BCUT2D eigenvalue weighted by atomic mass is 10.1. The Morgan fingerprint density at radius 2 is 1.20 bits per heavy atom. The molecule has 0 aliphatic carbocycles. The molecule has 0 unspecified atom stereocenters. The first-order valence-corrected chi connectivity index (χ1v) is 17.1. The molecule has 0 saturated carbocycles. The van der Waals surface area contributed by atoms with Gasteiger partial charge in [-0.3, -0.25) is 9.69 Å². The second-order valence-corrected chi connectivity index (χ2v) is 12.1. The number of carbonyl (C=O) groups excluding carboxylic acids is 1. The molecule has 1 saturated heterocycles. The molecule has 6 nitrogen and oxygen atoms in total. The van der Waals surface area contributed by atoms with Gasteiger partial charge in [-0.15, -0.1) is 0 Å². The summed E-state index contributed by atoms with van der Waals surface area (Å²) in [4.78, 5) is 14.4. The van der Waals surface area contributed by atoms with Gasteiger partial charge in [0.05, 0.1) is 52.9 Å². The van der Waals surface area contributed by atoms with E-state index in [0.29, 0.717) is 32.8 Å². The van der Waals surface area contributed by atoms with Gasteiger partial charge in [0.15, 0.2) is 0 Å². The zero-order valence-electron chi connectivity index (χ0n) is 27.4. The fourth-order valence-electron chi connectivity index (χ4n) is 5.29. The number of likely N-dealkylation sites (N-methyl/N-ethyl adjacent to an activating group) is 1. The minimum atomic E-state index is -0.117. The normalized spacial score (nSPS) is 15.3. The van der Waals surface area contributed by atoms with Gasteiger partial charge in [-0.25, -0.2) is 0 Å². The average Bonchev–Trinajstić information content (AvgIpc) is 2.96. The lowest BCUT2D eigenvalue weighted by molar-refractivity contribution is -0.913. The Bertz CT molecular complexity index is 597. The zero-order chi connectivity index (χ0) is 29.0. The maximum absolute atomic E-state index is 12.0.